The van der Waals surface area contributed by atoms with Gasteiger partial charge >= 0.3 is 0 Å². The Morgan fingerprint density at radius 3 is 2.39 bits per heavy atom. The lowest BCUT2D eigenvalue weighted by Crippen LogP contribution is -2.31. The van der Waals surface area contributed by atoms with Crippen molar-refractivity contribution in [1.29, 1.82) is 0 Å². The monoisotopic (exact) mass is 379 g/mol. The van der Waals surface area contributed by atoms with Gasteiger partial charge in [-0.3, -0.25) is 9.59 Å². The Morgan fingerprint density at radius 1 is 1.00 bits per heavy atom. The lowest BCUT2D eigenvalue weighted by atomic mass is 9.95. The molecule has 0 bridgehead atoms. The first-order valence-electron chi connectivity index (χ1n) is 10.1. The standard InChI is InChI=1S/C24H29NO3/c1-16(2)24(18-9-11-21(28-3)12-10-18)25-23(27)14-13-22(26)20-8-7-17-5-4-6-19(17)15-20/h7-12,15-16,24H,4-6,13-14H2,1-3H3,(H,25,27). The summed E-state index contributed by atoms with van der Waals surface area (Å²) >= 11 is 0. The van der Waals surface area contributed by atoms with Crippen LogP contribution in [0.1, 0.15) is 66.2 Å². The van der Waals surface area contributed by atoms with Crippen LogP contribution in [-0.2, 0) is 17.6 Å². The van der Waals surface area contributed by atoms with E-state index in [1.807, 2.05) is 36.4 Å². The van der Waals surface area contributed by atoms with Crippen LogP contribution >= 0.6 is 0 Å². The summed E-state index contributed by atoms with van der Waals surface area (Å²) in [5.74, 6) is 0.974. The molecule has 0 saturated heterocycles. The van der Waals surface area contributed by atoms with E-state index in [4.69, 9.17) is 4.74 Å². The van der Waals surface area contributed by atoms with Crippen LogP contribution in [0.15, 0.2) is 42.5 Å². The molecule has 28 heavy (non-hydrogen) atoms. The highest BCUT2D eigenvalue weighted by Crippen LogP contribution is 2.25. The number of carbonyl (C=O) groups is 2. The van der Waals surface area contributed by atoms with E-state index in [9.17, 15) is 9.59 Å². The number of fused-ring (bicyclic) bond motifs is 1. The number of Topliss-reactive ketones (excluding diaryl/α,β-unsaturated/α-hetero) is 1. The molecule has 0 radical (unpaired) electrons. The molecule has 1 atom stereocenters. The quantitative estimate of drug-likeness (QED) is 0.679. The maximum atomic E-state index is 12.5. The van der Waals surface area contributed by atoms with E-state index < -0.39 is 0 Å². The molecule has 148 valence electrons. The average molecular weight is 380 g/mol. The number of nitrogens with one attached hydrogen (secondary N) is 1. The molecule has 1 aliphatic carbocycles. The molecule has 3 rings (SSSR count). The van der Waals surface area contributed by atoms with Crippen molar-refractivity contribution >= 4 is 11.7 Å². The summed E-state index contributed by atoms with van der Waals surface area (Å²) in [6.07, 6.45) is 3.76. The fraction of sp³-hybridized carbons (Fsp3) is 0.417. The number of amides is 1. The summed E-state index contributed by atoms with van der Waals surface area (Å²) in [7, 11) is 1.63. The molecule has 1 amide bonds. The van der Waals surface area contributed by atoms with Gasteiger partial charge in [0.2, 0.25) is 5.91 Å². The van der Waals surface area contributed by atoms with E-state index in [1.165, 1.54) is 11.1 Å². The van der Waals surface area contributed by atoms with Crippen molar-refractivity contribution in [2.75, 3.05) is 7.11 Å². The minimum absolute atomic E-state index is 0.0374. The van der Waals surface area contributed by atoms with Crippen molar-refractivity contribution in [3.63, 3.8) is 0 Å². The fourth-order valence-electron chi connectivity index (χ4n) is 3.81. The Morgan fingerprint density at radius 2 is 1.71 bits per heavy atom. The third-order valence-corrected chi connectivity index (χ3v) is 5.46. The second-order valence-electron chi connectivity index (χ2n) is 7.82. The van der Waals surface area contributed by atoms with E-state index in [0.29, 0.717) is 0 Å². The molecule has 0 fully saturated rings. The lowest BCUT2D eigenvalue weighted by molar-refractivity contribution is -0.122. The van der Waals surface area contributed by atoms with Gasteiger partial charge in [-0.25, -0.2) is 0 Å². The Balaban J connectivity index is 1.57. The van der Waals surface area contributed by atoms with E-state index in [2.05, 4.69) is 25.2 Å². The Kier molecular flexibility index (Phi) is 6.50. The zero-order valence-corrected chi connectivity index (χ0v) is 17.0. The minimum Gasteiger partial charge on any atom is -0.497 e. The molecule has 4 heteroatoms. The third kappa shape index (κ3) is 4.80. The van der Waals surface area contributed by atoms with Gasteiger partial charge in [-0.1, -0.05) is 38.1 Å². The van der Waals surface area contributed by atoms with Crippen molar-refractivity contribution in [1.82, 2.24) is 5.32 Å². The van der Waals surface area contributed by atoms with Gasteiger partial charge in [0.1, 0.15) is 5.75 Å². The summed E-state index contributed by atoms with van der Waals surface area (Å²) < 4.78 is 5.20. The summed E-state index contributed by atoms with van der Waals surface area (Å²) in [4.78, 5) is 25.0. The van der Waals surface area contributed by atoms with Crippen molar-refractivity contribution in [3.8, 4) is 5.75 Å². The lowest BCUT2D eigenvalue weighted by Gasteiger charge is -2.23. The van der Waals surface area contributed by atoms with Crippen LogP contribution < -0.4 is 10.1 Å². The fourth-order valence-corrected chi connectivity index (χ4v) is 3.81. The van der Waals surface area contributed by atoms with Gasteiger partial charge in [0.25, 0.3) is 0 Å². The molecule has 0 aliphatic heterocycles. The molecule has 1 unspecified atom stereocenters. The zero-order chi connectivity index (χ0) is 20.1. The number of aryl methyl sites for hydroxylation is 2. The van der Waals surface area contributed by atoms with Crippen LogP contribution in [0.5, 0.6) is 5.75 Å². The Labute approximate surface area is 167 Å². The van der Waals surface area contributed by atoms with Crippen molar-refractivity contribution < 1.29 is 14.3 Å². The first-order chi connectivity index (χ1) is 13.5. The number of carbonyl (C=O) groups excluding carboxylic acids is 2. The third-order valence-electron chi connectivity index (χ3n) is 5.46. The predicted molar refractivity (Wildman–Crippen MR) is 111 cm³/mol. The van der Waals surface area contributed by atoms with E-state index in [-0.39, 0.29) is 36.5 Å². The van der Waals surface area contributed by atoms with Crippen molar-refractivity contribution in [2.45, 2.75) is 52.0 Å². The first-order valence-corrected chi connectivity index (χ1v) is 10.1. The molecule has 0 heterocycles. The number of hydrogen-bond acceptors (Lipinski definition) is 3. The van der Waals surface area contributed by atoms with Crippen molar-refractivity contribution in [3.05, 3.63) is 64.7 Å². The highest BCUT2D eigenvalue weighted by Gasteiger charge is 2.20. The maximum absolute atomic E-state index is 12.5. The smallest absolute Gasteiger partial charge is 0.220 e. The van der Waals surface area contributed by atoms with Gasteiger partial charge in [0.15, 0.2) is 5.78 Å². The van der Waals surface area contributed by atoms with Gasteiger partial charge in [-0.2, -0.15) is 0 Å². The number of benzene rings is 2. The summed E-state index contributed by atoms with van der Waals surface area (Å²) in [6.45, 7) is 4.15. The van der Waals surface area contributed by atoms with Crippen LogP contribution in [-0.4, -0.2) is 18.8 Å². The molecular formula is C24H29NO3. The number of ether oxygens (including phenoxy) is 1. The Bertz CT molecular complexity index is 839. The molecule has 4 nitrogen and oxygen atoms in total. The molecule has 2 aromatic carbocycles. The highest BCUT2D eigenvalue weighted by molar-refractivity contribution is 5.98. The van der Waals surface area contributed by atoms with E-state index in [0.717, 1.165) is 36.1 Å². The molecule has 2 aromatic rings. The number of methoxy groups -OCH3 is 1. The molecule has 0 aromatic heterocycles. The van der Waals surface area contributed by atoms with Gasteiger partial charge in [0, 0.05) is 18.4 Å². The van der Waals surface area contributed by atoms with E-state index in [1.54, 1.807) is 7.11 Å². The van der Waals surface area contributed by atoms with Gasteiger partial charge in [-0.15, -0.1) is 0 Å². The number of ketones is 1. The zero-order valence-electron chi connectivity index (χ0n) is 17.0. The van der Waals surface area contributed by atoms with Crippen LogP contribution in [0, 0.1) is 5.92 Å². The molecule has 0 saturated carbocycles. The van der Waals surface area contributed by atoms with Crippen LogP contribution in [0.3, 0.4) is 0 Å². The van der Waals surface area contributed by atoms with Gasteiger partial charge in [0.05, 0.1) is 13.2 Å². The van der Waals surface area contributed by atoms with Crippen LogP contribution in [0.2, 0.25) is 0 Å². The normalized spacial score (nSPS) is 13.9. The van der Waals surface area contributed by atoms with Gasteiger partial charge < -0.3 is 10.1 Å². The molecule has 1 N–H and O–H groups in total. The second kappa shape index (κ2) is 9.05. The van der Waals surface area contributed by atoms with Crippen LogP contribution in [0.4, 0.5) is 0 Å². The summed E-state index contributed by atoms with van der Waals surface area (Å²) in [5.41, 5.74) is 4.40. The first kappa shape index (κ1) is 20.1. The second-order valence-corrected chi connectivity index (χ2v) is 7.82. The maximum Gasteiger partial charge on any atom is 0.220 e. The molecule has 0 spiro atoms. The SMILES string of the molecule is COc1ccc(C(NC(=O)CCC(=O)c2ccc3c(c2)CCC3)C(C)C)cc1. The summed E-state index contributed by atoms with van der Waals surface area (Å²) in [5, 5.41) is 3.09. The van der Waals surface area contributed by atoms with Crippen LogP contribution in [0.25, 0.3) is 0 Å². The summed E-state index contributed by atoms with van der Waals surface area (Å²) in [6, 6.07) is 13.6. The Hall–Kier alpha value is -2.62. The van der Waals surface area contributed by atoms with Gasteiger partial charge in [-0.05, 0) is 60.1 Å². The van der Waals surface area contributed by atoms with Crippen molar-refractivity contribution in [2.24, 2.45) is 5.92 Å². The average Bonchev–Trinajstić information content (AvgIpc) is 3.18. The molecular weight excluding hydrogens is 350 g/mol. The minimum atomic E-state index is -0.0935. The van der Waals surface area contributed by atoms with E-state index >= 15 is 0 Å². The largest absolute Gasteiger partial charge is 0.497 e. The molecule has 1 aliphatic rings. The highest BCUT2D eigenvalue weighted by atomic mass is 16.5. The predicted octanol–water partition coefficient (Wildman–Crippen LogP) is 4.66. The number of rotatable bonds is 8. The number of hydrogen-bond donors (Lipinski definition) is 1. The topological polar surface area (TPSA) is 55.4 Å².